The Bertz CT molecular complexity index is 1480. The molecule has 0 bridgehead atoms. The van der Waals surface area contributed by atoms with Crippen LogP contribution in [0.4, 0.5) is 17.5 Å². The number of carbonyl (C=O) groups is 1. The van der Waals surface area contributed by atoms with Gasteiger partial charge in [-0.2, -0.15) is 10.1 Å². The topological polar surface area (TPSA) is 144 Å². The van der Waals surface area contributed by atoms with E-state index in [0.29, 0.717) is 54.4 Å². The lowest BCUT2D eigenvalue weighted by Crippen LogP contribution is -2.48. The molecule has 0 aliphatic carbocycles. The maximum absolute atomic E-state index is 13.0. The van der Waals surface area contributed by atoms with Gasteiger partial charge in [0.2, 0.25) is 11.9 Å². The van der Waals surface area contributed by atoms with Gasteiger partial charge in [0.05, 0.1) is 45.2 Å². The first kappa shape index (κ1) is 41.9. The number of ether oxygens (including phenoxy) is 2. The average molecular weight is 737 g/mol. The SMILES string of the molecule is CCCCCCCCCCCCCCCCCC(=O)N1CCN(c2cc(OC)c(Cn3cc4nc(N)nc(N[C@H](CO)CCC)c4n3)c(OC)c2)CC1. The first-order valence-electron chi connectivity index (χ1n) is 20.6. The summed E-state index contributed by atoms with van der Waals surface area (Å²) in [5.74, 6) is 2.30. The van der Waals surface area contributed by atoms with Crippen LogP contribution in [-0.4, -0.2) is 88.7 Å². The fraction of sp³-hybridized carbons (Fsp3) is 0.707. The van der Waals surface area contributed by atoms with E-state index < -0.39 is 0 Å². The standard InChI is InChI=1S/C41H68N8O4/c1-5-7-8-9-10-11-12-13-14-15-16-17-18-19-20-22-38(51)48-25-23-47(24-26-48)33-27-36(52-3)34(37(28-33)53-4)29-49-30-35-39(46-49)40(45-41(42)44-35)43-32(31-50)21-6-2/h27-28,30,32,50H,5-26,29,31H2,1-4H3,(H3,42,43,44,45)/t32-/m0/s1. The van der Waals surface area contributed by atoms with Crippen LogP contribution in [0.2, 0.25) is 0 Å². The molecule has 0 radical (unpaired) electrons. The number of carbonyl (C=O) groups excluding carboxylic acids is 1. The molecule has 1 aliphatic heterocycles. The molecule has 53 heavy (non-hydrogen) atoms. The zero-order valence-corrected chi connectivity index (χ0v) is 33.2. The summed E-state index contributed by atoms with van der Waals surface area (Å²) in [6, 6.07) is 3.92. The predicted molar refractivity (Wildman–Crippen MR) is 216 cm³/mol. The maximum atomic E-state index is 13.0. The van der Waals surface area contributed by atoms with Gasteiger partial charge in [0, 0.05) is 50.4 Å². The van der Waals surface area contributed by atoms with E-state index in [9.17, 15) is 9.90 Å². The number of aliphatic hydroxyl groups is 1. The van der Waals surface area contributed by atoms with Crippen molar-refractivity contribution in [3.8, 4) is 11.5 Å². The van der Waals surface area contributed by atoms with E-state index in [4.69, 9.17) is 20.3 Å². The molecule has 1 amide bonds. The van der Waals surface area contributed by atoms with Crippen LogP contribution in [-0.2, 0) is 11.3 Å². The van der Waals surface area contributed by atoms with Crippen molar-refractivity contribution in [2.75, 3.05) is 63.0 Å². The summed E-state index contributed by atoms with van der Waals surface area (Å²) in [5, 5.41) is 17.9. The van der Waals surface area contributed by atoms with Gasteiger partial charge in [-0.05, 0) is 12.8 Å². The first-order valence-corrected chi connectivity index (χ1v) is 20.6. The molecule has 0 saturated carbocycles. The number of nitrogens with one attached hydrogen (secondary N) is 1. The van der Waals surface area contributed by atoms with Gasteiger partial charge in [-0.1, -0.05) is 110 Å². The lowest BCUT2D eigenvalue weighted by atomic mass is 10.0. The van der Waals surface area contributed by atoms with Gasteiger partial charge in [0.15, 0.2) is 11.3 Å². The molecule has 4 rings (SSSR count). The van der Waals surface area contributed by atoms with Gasteiger partial charge in [0.1, 0.15) is 17.0 Å². The van der Waals surface area contributed by atoms with E-state index in [1.807, 2.05) is 23.2 Å². The molecule has 2 aromatic heterocycles. The summed E-state index contributed by atoms with van der Waals surface area (Å²) < 4.78 is 13.5. The number of hydrogen-bond acceptors (Lipinski definition) is 10. The van der Waals surface area contributed by atoms with Gasteiger partial charge in [-0.15, -0.1) is 0 Å². The van der Waals surface area contributed by atoms with Crippen molar-refractivity contribution >= 4 is 34.4 Å². The molecule has 12 heteroatoms. The Kier molecular flexibility index (Phi) is 18.3. The number of aromatic nitrogens is 4. The number of benzene rings is 1. The number of aliphatic hydroxyl groups excluding tert-OH is 1. The third-order valence-electron chi connectivity index (χ3n) is 10.5. The van der Waals surface area contributed by atoms with Crippen molar-refractivity contribution in [1.29, 1.82) is 0 Å². The van der Waals surface area contributed by atoms with Gasteiger partial charge < -0.3 is 35.4 Å². The number of nitrogen functional groups attached to an aromatic ring is 1. The van der Waals surface area contributed by atoms with Crippen LogP contribution in [0.25, 0.3) is 11.0 Å². The molecule has 1 atom stereocenters. The normalized spacial score (nSPS) is 13.8. The van der Waals surface area contributed by atoms with Crippen molar-refractivity contribution in [2.24, 2.45) is 0 Å². The number of amides is 1. The average Bonchev–Trinajstić information content (AvgIpc) is 3.58. The van der Waals surface area contributed by atoms with E-state index in [-0.39, 0.29) is 24.5 Å². The van der Waals surface area contributed by atoms with Crippen LogP contribution in [0.3, 0.4) is 0 Å². The highest BCUT2D eigenvalue weighted by Gasteiger charge is 2.24. The minimum Gasteiger partial charge on any atom is -0.496 e. The summed E-state index contributed by atoms with van der Waals surface area (Å²) in [4.78, 5) is 26.1. The largest absolute Gasteiger partial charge is 0.496 e. The smallest absolute Gasteiger partial charge is 0.222 e. The van der Waals surface area contributed by atoms with Crippen LogP contribution in [0.15, 0.2) is 18.3 Å². The van der Waals surface area contributed by atoms with Crippen LogP contribution < -0.4 is 25.4 Å². The summed E-state index contributed by atoms with van der Waals surface area (Å²) in [7, 11) is 3.32. The molecular formula is C41H68N8O4. The van der Waals surface area contributed by atoms with E-state index >= 15 is 0 Å². The van der Waals surface area contributed by atoms with Crippen molar-refractivity contribution in [3.05, 3.63) is 23.9 Å². The number of rotatable bonds is 26. The summed E-state index contributed by atoms with van der Waals surface area (Å²) in [6.07, 6.45) is 24.1. The van der Waals surface area contributed by atoms with Crippen LogP contribution in [0.1, 0.15) is 135 Å². The molecule has 1 saturated heterocycles. The number of anilines is 3. The lowest BCUT2D eigenvalue weighted by Gasteiger charge is -2.36. The highest BCUT2D eigenvalue weighted by molar-refractivity contribution is 5.86. The van der Waals surface area contributed by atoms with Crippen LogP contribution in [0.5, 0.6) is 11.5 Å². The molecule has 1 fully saturated rings. The zero-order valence-electron chi connectivity index (χ0n) is 33.2. The van der Waals surface area contributed by atoms with Crippen molar-refractivity contribution < 1.29 is 19.4 Å². The Hall–Kier alpha value is -3.80. The number of nitrogens with two attached hydrogens (primary N) is 1. The molecule has 1 aromatic carbocycles. The molecule has 0 unspecified atom stereocenters. The Morgan fingerprint density at radius 3 is 1.92 bits per heavy atom. The number of fused-ring (bicyclic) bond motifs is 1. The number of piperazine rings is 1. The second-order valence-electron chi connectivity index (χ2n) is 14.7. The van der Waals surface area contributed by atoms with E-state index in [1.165, 1.54) is 83.5 Å². The zero-order chi connectivity index (χ0) is 37.8. The highest BCUT2D eigenvalue weighted by Crippen LogP contribution is 2.36. The highest BCUT2D eigenvalue weighted by atomic mass is 16.5. The van der Waals surface area contributed by atoms with Crippen LogP contribution in [0, 0.1) is 0 Å². The fourth-order valence-corrected chi connectivity index (χ4v) is 7.40. The lowest BCUT2D eigenvalue weighted by molar-refractivity contribution is -0.131. The Morgan fingerprint density at radius 1 is 0.830 bits per heavy atom. The molecule has 296 valence electrons. The Labute approximate surface area is 318 Å². The number of unbranched alkanes of at least 4 members (excludes halogenated alkanes) is 14. The predicted octanol–water partition coefficient (Wildman–Crippen LogP) is 7.96. The Balaban J connectivity index is 1.21. The number of methoxy groups -OCH3 is 2. The first-order chi connectivity index (χ1) is 25.9. The maximum Gasteiger partial charge on any atom is 0.222 e. The van der Waals surface area contributed by atoms with Crippen molar-refractivity contribution in [3.63, 3.8) is 0 Å². The minimum atomic E-state index is -0.158. The van der Waals surface area contributed by atoms with Gasteiger partial charge in [-0.25, -0.2) is 4.98 Å². The van der Waals surface area contributed by atoms with Crippen molar-refractivity contribution in [1.82, 2.24) is 24.6 Å². The molecule has 1 aliphatic rings. The van der Waals surface area contributed by atoms with E-state index in [1.54, 1.807) is 18.9 Å². The molecule has 4 N–H and O–H groups in total. The van der Waals surface area contributed by atoms with E-state index in [0.717, 1.165) is 50.0 Å². The second kappa shape index (κ2) is 23.1. The molecule has 3 heterocycles. The fourth-order valence-electron chi connectivity index (χ4n) is 7.40. The summed E-state index contributed by atoms with van der Waals surface area (Å²) >= 11 is 0. The Morgan fingerprint density at radius 2 is 1.40 bits per heavy atom. The monoisotopic (exact) mass is 737 g/mol. The molecule has 12 nitrogen and oxygen atoms in total. The molecular weight excluding hydrogens is 669 g/mol. The molecule has 0 spiro atoms. The quantitative estimate of drug-likeness (QED) is 0.0695. The van der Waals surface area contributed by atoms with Gasteiger partial charge in [0.25, 0.3) is 0 Å². The van der Waals surface area contributed by atoms with E-state index in [2.05, 4.69) is 34.0 Å². The van der Waals surface area contributed by atoms with Gasteiger partial charge >= 0.3 is 0 Å². The summed E-state index contributed by atoms with van der Waals surface area (Å²) in [5.41, 5.74) is 9.05. The van der Waals surface area contributed by atoms with Gasteiger partial charge in [-0.3, -0.25) is 9.48 Å². The third kappa shape index (κ3) is 13.2. The second-order valence-corrected chi connectivity index (χ2v) is 14.7. The third-order valence-corrected chi connectivity index (χ3v) is 10.5. The minimum absolute atomic E-state index is 0.0222. The number of nitrogens with zero attached hydrogens (tertiary/aromatic N) is 6. The van der Waals surface area contributed by atoms with Crippen molar-refractivity contribution in [2.45, 2.75) is 142 Å². The van der Waals surface area contributed by atoms with Crippen LogP contribution >= 0.6 is 0 Å². The molecule has 3 aromatic rings. The number of hydrogen-bond donors (Lipinski definition) is 3. The summed E-state index contributed by atoms with van der Waals surface area (Å²) in [6.45, 7) is 7.63.